The van der Waals surface area contributed by atoms with Crippen molar-refractivity contribution in [2.24, 2.45) is 0 Å². The van der Waals surface area contributed by atoms with Crippen molar-refractivity contribution < 1.29 is 13.2 Å². The van der Waals surface area contributed by atoms with Gasteiger partial charge in [-0.3, -0.25) is 4.79 Å². The van der Waals surface area contributed by atoms with Gasteiger partial charge in [0, 0.05) is 19.2 Å². The minimum Gasteiger partial charge on any atom is -0.384 e. The van der Waals surface area contributed by atoms with Gasteiger partial charge in [0.2, 0.25) is 10.0 Å². The van der Waals surface area contributed by atoms with E-state index in [-0.39, 0.29) is 24.5 Å². The van der Waals surface area contributed by atoms with Gasteiger partial charge in [-0.1, -0.05) is 12.1 Å². The van der Waals surface area contributed by atoms with Crippen molar-refractivity contribution in [1.82, 2.24) is 9.71 Å². The quantitative estimate of drug-likeness (QED) is 0.795. The van der Waals surface area contributed by atoms with Gasteiger partial charge < -0.3 is 9.72 Å². The molecule has 1 aromatic heterocycles. The molecule has 0 spiro atoms. The van der Waals surface area contributed by atoms with Crippen LogP contribution >= 0.6 is 0 Å². The maximum Gasteiger partial charge on any atom is 0.251 e. The molecule has 0 aliphatic heterocycles. The molecule has 126 valence electrons. The van der Waals surface area contributed by atoms with Gasteiger partial charge in [-0.25, -0.2) is 13.1 Å². The lowest BCUT2D eigenvalue weighted by atomic mass is 10.0. The Balaban J connectivity index is 2.14. The molecule has 0 unspecified atom stereocenters. The third-order valence-electron chi connectivity index (χ3n) is 3.90. The van der Waals surface area contributed by atoms with Crippen LogP contribution in [0.3, 0.4) is 0 Å². The molecule has 2 rings (SSSR count). The molecule has 0 amide bonds. The van der Waals surface area contributed by atoms with E-state index in [0.29, 0.717) is 12.0 Å². The van der Waals surface area contributed by atoms with Gasteiger partial charge in [0.05, 0.1) is 17.9 Å². The van der Waals surface area contributed by atoms with Crippen LogP contribution in [0.4, 0.5) is 0 Å². The SMILES string of the molecule is COCCS(=O)(=O)NCCc1cc2ccc(C)c(C)c2[nH]c1=O. The summed E-state index contributed by atoms with van der Waals surface area (Å²) in [6.45, 7) is 4.29. The van der Waals surface area contributed by atoms with Crippen LogP contribution in [0.2, 0.25) is 0 Å². The van der Waals surface area contributed by atoms with Crippen LogP contribution < -0.4 is 10.3 Å². The van der Waals surface area contributed by atoms with Crippen molar-refractivity contribution in [3.8, 4) is 0 Å². The number of sulfonamides is 1. The maximum atomic E-state index is 12.2. The standard InChI is InChI=1S/C16H22N2O4S/c1-11-4-5-13-10-14(16(19)18-15(13)12(11)2)6-7-17-23(20,21)9-8-22-3/h4-5,10,17H,6-9H2,1-3H3,(H,18,19). The third-order valence-corrected chi connectivity index (χ3v) is 5.25. The number of hydrogen-bond donors (Lipinski definition) is 2. The summed E-state index contributed by atoms with van der Waals surface area (Å²) in [5.74, 6) is -0.0873. The minimum atomic E-state index is -3.37. The molecule has 0 bridgehead atoms. The summed E-state index contributed by atoms with van der Waals surface area (Å²) in [6, 6.07) is 5.79. The lowest BCUT2D eigenvalue weighted by Gasteiger charge is -2.09. The Labute approximate surface area is 135 Å². The molecule has 0 aliphatic rings. The highest BCUT2D eigenvalue weighted by atomic mass is 32.2. The van der Waals surface area contributed by atoms with Crippen molar-refractivity contribution in [2.75, 3.05) is 26.0 Å². The normalized spacial score (nSPS) is 12.0. The number of aryl methyl sites for hydroxylation is 2. The summed E-state index contributed by atoms with van der Waals surface area (Å²) in [4.78, 5) is 15.1. The first-order valence-electron chi connectivity index (χ1n) is 7.42. The Morgan fingerprint density at radius 1 is 1.26 bits per heavy atom. The average molecular weight is 338 g/mol. The van der Waals surface area contributed by atoms with E-state index in [1.807, 2.05) is 32.0 Å². The number of nitrogens with one attached hydrogen (secondary N) is 2. The number of aromatic amines is 1. The van der Waals surface area contributed by atoms with E-state index >= 15 is 0 Å². The Hall–Kier alpha value is -1.70. The lowest BCUT2D eigenvalue weighted by molar-refractivity contribution is 0.217. The molecule has 2 aromatic rings. The first-order valence-corrected chi connectivity index (χ1v) is 9.07. The molecule has 0 radical (unpaired) electrons. The van der Waals surface area contributed by atoms with Gasteiger partial charge in [0.15, 0.2) is 0 Å². The van der Waals surface area contributed by atoms with Gasteiger partial charge in [-0.15, -0.1) is 0 Å². The second-order valence-electron chi connectivity index (χ2n) is 5.55. The highest BCUT2D eigenvalue weighted by molar-refractivity contribution is 7.89. The predicted octanol–water partition coefficient (Wildman–Crippen LogP) is 1.25. The van der Waals surface area contributed by atoms with Crippen LogP contribution in [-0.2, 0) is 21.2 Å². The zero-order valence-electron chi connectivity index (χ0n) is 13.6. The molecular weight excluding hydrogens is 316 g/mol. The number of fused-ring (bicyclic) bond motifs is 1. The number of ether oxygens (including phenoxy) is 1. The Morgan fingerprint density at radius 3 is 2.70 bits per heavy atom. The Kier molecular flexibility index (Phi) is 5.56. The van der Waals surface area contributed by atoms with Crippen LogP contribution in [0.1, 0.15) is 16.7 Å². The van der Waals surface area contributed by atoms with E-state index in [9.17, 15) is 13.2 Å². The first-order chi connectivity index (χ1) is 10.8. The van der Waals surface area contributed by atoms with E-state index in [0.717, 1.165) is 22.0 Å². The summed E-state index contributed by atoms with van der Waals surface area (Å²) in [7, 11) is -1.92. The monoisotopic (exact) mass is 338 g/mol. The summed E-state index contributed by atoms with van der Waals surface area (Å²) in [5.41, 5.74) is 3.38. The van der Waals surface area contributed by atoms with Crippen LogP contribution in [0.15, 0.2) is 23.0 Å². The van der Waals surface area contributed by atoms with Gasteiger partial charge in [0.25, 0.3) is 5.56 Å². The molecule has 0 saturated heterocycles. The number of aromatic nitrogens is 1. The van der Waals surface area contributed by atoms with E-state index in [4.69, 9.17) is 4.74 Å². The van der Waals surface area contributed by atoms with Crippen LogP contribution in [0.5, 0.6) is 0 Å². The molecule has 0 atom stereocenters. The van der Waals surface area contributed by atoms with Crippen molar-refractivity contribution in [3.63, 3.8) is 0 Å². The number of rotatable bonds is 7. The highest BCUT2D eigenvalue weighted by Gasteiger charge is 2.11. The summed E-state index contributed by atoms with van der Waals surface area (Å²) < 4.78 is 30.6. The zero-order chi connectivity index (χ0) is 17.0. The number of H-pyrrole nitrogens is 1. The molecule has 0 saturated carbocycles. The lowest BCUT2D eigenvalue weighted by Crippen LogP contribution is -2.31. The summed E-state index contributed by atoms with van der Waals surface area (Å²) in [6.07, 6.45) is 0.338. The molecule has 6 nitrogen and oxygen atoms in total. The number of pyridine rings is 1. The third kappa shape index (κ3) is 4.40. The van der Waals surface area contributed by atoms with Crippen LogP contribution in [0.25, 0.3) is 10.9 Å². The van der Waals surface area contributed by atoms with Gasteiger partial charge in [-0.05, 0) is 42.8 Å². The molecule has 1 aromatic carbocycles. The average Bonchev–Trinajstić information content (AvgIpc) is 2.50. The fourth-order valence-electron chi connectivity index (χ4n) is 2.36. The molecule has 1 heterocycles. The van der Waals surface area contributed by atoms with Crippen molar-refractivity contribution in [3.05, 3.63) is 45.2 Å². The highest BCUT2D eigenvalue weighted by Crippen LogP contribution is 2.18. The van der Waals surface area contributed by atoms with E-state index in [1.165, 1.54) is 7.11 Å². The maximum absolute atomic E-state index is 12.2. The van der Waals surface area contributed by atoms with E-state index < -0.39 is 10.0 Å². The second kappa shape index (κ2) is 7.25. The second-order valence-corrected chi connectivity index (χ2v) is 7.48. The minimum absolute atomic E-state index is 0.0873. The largest absolute Gasteiger partial charge is 0.384 e. The molecule has 0 fully saturated rings. The first kappa shape index (κ1) is 17.7. The van der Waals surface area contributed by atoms with Gasteiger partial charge in [0.1, 0.15) is 0 Å². The predicted molar refractivity (Wildman–Crippen MR) is 91.4 cm³/mol. The molecule has 7 heteroatoms. The molecule has 0 aliphatic carbocycles. The Morgan fingerprint density at radius 2 is 2.00 bits per heavy atom. The fourth-order valence-corrected chi connectivity index (χ4v) is 3.31. The van der Waals surface area contributed by atoms with Crippen molar-refractivity contribution in [1.29, 1.82) is 0 Å². The Bertz CT molecular complexity index is 856. The summed E-state index contributed by atoms with van der Waals surface area (Å²) in [5, 5.41) is 0.949. The van der Waals surface area contributed by atoms with Crippen LogP contribution in [0, 0.1) is 13.8 Å². The molecular formula is C16H22N2O4S. The van der Waals surface area contributed by atoms with Crippen molar-refractivity contribution >= 4 is 20.9 Å². The smallest absolute Gasteiger partial charge is 0.251 e. The molecule has 23 heavy (non-hydrogen) atoms. The zero-order valence-corrected chi connectivity index (χ0v) is 14.4. The topological polar surface area (TPSA) is 88.3 Å². The van der Waals surface area contributed by atoms with Gasteiger partial charge >= 0.3 is 0 Å². The number of methoxy groups -OCH3 is 1. The number of hydrogen-bond acceptors (Lipinski definition) is 4. The fraction of sp³-hybridized carbons (Fsp3) is 0.438. The van der Waals surface area contributed by atoms with Crippen molar-refractivity contribution in [2.45, 2.75) is 20.3 Å². The van der Waals surface area contributed by atoms with E-state index in [1.54, 1.807) is 0 Å². The van der Waals surface area contributed by atoms with Gasteiger partial charge in [-0.2, -0.15) is 0 Å². The molecule has 2 N–H and O–H groups in total. The van der Waals surface area contributed by atoms with Crippen LogP contribution in [-0.4, -0.2) is 39.4 Å². The van der Waals surface area contributed by atoms with E-state index in [2.05, 4.69) is 9.71 Å². The number of benzene rings is 1. The summed E-state index contributed by atoms with van der Waals surface area (Å²) >= 11 is 0.